The van der Waals surface area contributed by atoms with E-state index in [-0.39, 0.29) is 19.5 Å². The summed E-state index contributed by atoms with van der Waals surface area (Å²) in [4.78, 5) is 41.3. The average Bonchev–Trinajstić information content (AvgIpc) is 2.89. The zero-order valence-electron chi connectivity index (χ0n) is 14.6. The van der Waals surface area contributed by atoms with Gasteiger partial charge in [-0.1, -0.05) is 5.11 Å². The number of azide groups is 1. The summed E-state index contributed by atoms with van der Waals surface area (Å²) in [6, 6.07) is -1.33. The van der Waals surface area contributed by atoms with Gasteiger partial charge < -0.3 is 19.3 Å². The molecule has 1 fully saturated rings. The third kappa shape index (κ3) is 5.31. The lowest BCUT2D eigenvalue weighted by molar-refractivity contribution is -0.151. The SMILES string of the molecule is COC(=O)[C@@H]1C[C@@H](N=[N+]=[N-])CN1C(=O)CN(C)C(=O)OC(C)(C)C. The van der Waals surface area contributed by atoms with Crippen LogP contribution in [0.25, 0.3) is 10.4 Å². The fraction of sp³-hybridized carbons (Fsp3) is 0.786. The predicted molar refractivity (Wildman–Crippen MR) is 83.9 cm³/mol. The quantitative estimate of drug-likeness (QED) is 0.330. The topological polar surface area (TPSA) is 125 Å². The first-order chi connectivity index (χ1) is 11.1. The first-order valence-corrected chi connectivity index (χ1v) is 7.44. The monoisotopic (exact) mass is 341 g/mol. The van der Waals surface area contributed by atoms with E-state index >= 15 is 0 Å². The average molecular weight is 341 g/mol. The normalized spacial score (nSPS) is 20.1. The Kier molecular flexibility index (Phi) is 6.42. The second kappa shape index (κ2) is 7.87. The summed E-state index contributed by atoms with van der Waals surface area (Å²) in [7, 11) is 2.65. The van der Waals surface area contributed by atoms with Crippen LogP contribution in [0.15, 0.2) is 5.11 Å². The number of hydrogen-bond acceptors (Lipinski definition) is 6. The molecule has 0 aromatic carbocycles. The van der Waals surface area contributed by atoms with Crippen molar-refractivity contribution in [2.24, 2.45) is 5.11 Å². The first-order valence-electron chi connectivity index (χ1n) is 7.44. The molecule has 1 aliphatic rings. The molecule has 0 unspecified atom stereocenters. The minimum absolute atomic E-state index is 0.102. The zero-order valence-corrected chi connectivity index (χ0v) is 14.6. The molecule has 24 heavy (non-hydrogen) atoms. The lowest BCUT2D eigenvalue weighted by atomic mass is 10.2. The smallest absolute Gasteiger partial charge is 0.410 e. The van der Waals surface area contributed by atoms with Crippen molar-refractivity contribution < 1.29 is 23.9 Å². The van der Waals surface area contributed by atoms with Crippen molar-refractivity contribution in [1.29, 1.82) is 0 Å². The minimum Gasteiger partial charge on any atom is -0.467 e. The van der Waals surface area contributed by atoms with Gasteiger partial charge in [-0.15, -0.1) is 0 Å². The Bertz CT molecular complexity index is 552. The molecule has 0 bridgehead atoms. The molecule has 1 heterocycles. The fourth-order valence-electron chi connectivity index (χ4n) is 2.30. The molecule has 10 nitrogen and oxygen atoms in total. The third-order valence-electron chi connectivity index (χ3n) is 3.37. The zero-order chi connectivity index (χ0) is 18.5. The van der Waals surface area contributed by atoms with Crippen molar-refractivity contribution in [2.45, 2.75) is 44.9 Å². The highest BCUT2D eigenvalue weighted by atomic mass is 16.6. The number of ether oxygens (including phenoxy) is 2. The van der Waals surface area contributed by atoms with Gasteiger partial charge in [-0.3, -0.25) is 4.79 Å². The highest BCUT2D eigenvalue weighted by Gasteiger charge is 2.40. The van der Waals surface area contributed by atoms with Gasteiger partial charge in [0.15, 0.2) is 0 Å². The Balaban J connectivity index is 2.78. The van der Waals surface area contributed by atoms with Crippen LogP contribution < -0.4 is 0 Å². The number of amides is 2. The number of likely N-dealkylation sites (N-methyl/N-ethyl adjacent to an activating group) is 1. The number of esters is 1. The second-order valence-corrected chi connectivity index (χ2v) is 6.52. The Morgan fingerprint density at radius 2 is 2.00 bits per heavy atom. The van der Waals surface area contributed by atoms with E-state index in [1.165, 1.54) is 19.1 Å². The number of carbonyl (C=O) groups excluding carboxylic acids is 3. The fourth-order valence-corrected chi connectivity index (χ4v) is 2.30. The molecule has 0 radical (unpaired) electrons. The highest BCUT2D eigenvalue weighted by Crippen LogP contribution is 2.22. The van der Waals surface area contributed by atoms with Crippen LogP contribution in [0.2, 0.25) is 0 Å². The van der Waals surface area contributed by atoms with Gasteiger partial charge in [0.05, 0.1) is 13.2 Å². The van der Waals surface area contributed by atoms with Crippen molar-refractivity contribution in [1.82, 2.24) is 9.80 Å². The largest absolute Gasteiger partial charge is 0.467 e. The number of rotatable bonds is 4. The van der Waals surface area contributed by atoms with E-state index in [0.29, 0.717) is 0 Å². The van der Waals surface area contributed by atoms with Crippen LogP contribution in [0, 0.1) is 0 Å². The Hall–Kier alpha value is -2.48. The van der Waals surface area contributed by atoms with Gasteiger partial charge >= 0.3 is 12.1 Å². The molecule has 2 atom stereocenters. The van der Waals surface area contributed by atoms with Crippen LogP contribution >= 0.6 is 0 Å². The number of hydrogen-bond donors (Lipinski definition) is 0. The Labute approximate surface area is 140 Å². The van der Waals surface area contributed by atoms with Gasteiger partial charge in [0, 0.05) is 18.5 Å². The number of methoxy groups -OCH3 is 1. The number of carbonyl (C=O) groups is 3. The van der Waals surface area contributed by atoms with Crippen LogP contribution in [0.5, 0.6) is 0 Å². The van der Waals surface area contributed by atoms with Crippen LogP contribution in [0.1, 0.15) is 27.2 Å². The molecule has 0 aromatic heterocycles. The lowest BCUT2D eigenvalue weighted by Crippen LogP contribution is -2.47. The number of nitrogens with zero attached hydrogens (tertiary/aromatic N) is 5. The van der Waals surface area contributed by atoms with E-state index in [9.17, 15) is 14.4 Å². The summed E-state index contributed by atoms with van der Waals surface area (Å²) in [6.45, 7) is 5.01. The van der Waals surface area contributed by atoms with Crippen LogP contribution in [0.4, 0.5) is 4.79 Å². The van der Waals surface area contributed by atoms with Crippen molar-refractivity contribution in [3.63, 3.8) is 0 Å². The van der Waals surface area contributed by atoms with E-state index < -0.39 is 35.7 Å². The molecular weight excluding hydrogens is 318 g/mol. The van der Waals surface area contributed by atoms with Crippen LogP contribution in [-0.2, 0) is 19.1 Å². The van der Waals surface area contributed by atoms with Crippen molar-refractivity contribution >= 4 is 18.0 Å². The van der Waals surface area contributed by atoms with E-state index in [1.807, 2.05) is 0 Å². The molecule has 0 aromatic rings. The molecule has 0 aliphatic carbocycles. The summed E-state index contributed by atoms with van der Waals surface area (Å²) >= 11 is 0. The van der Waals surface area contributed by atoms with E-state index in [2.05, 4.69) is 14.8 Å². The summed E-state index contributed by atoms with van der Waals surface area (Å²) in [5.74, 6) is -1.03. The van der Waals surface area contributed by atoms with Crippen molar-refractivity contribution in [3.8, 4) is 0 Å². The first kappa shape index (κ1) is 19.6. The molecule has 2 amide bonds. The lowest BCUT2D eigenvalue weighted by Gasteiger charge is -2.27. The Morgan fingerprint density at radius 3 is 2.50 bits per heavy atom. The molecular formula is C14H23N5O5. The second-order valence-electron chi connectivity index (χ2n) is 6.52. The summed E-state index contributed by atoms with van der Waals surface area (Å²) < 4.78 is 9.86. The van der Waals surface area contributed by atoms with Crippen LogP contribution in [0.3, 0.4) is 0 Å². The van der Waals surface area contributed by atoms with Gasteiger partial charge in [0.1, 0.15) is 18.2 Å². The maximum absolute atomic E-state index is 12.4. The molecule has 0 N–H and O–H groups in total. The van der Waals surface area contributed by atoms with E-state index in [4.69, 9.17) is 10.3 Å². The van der Waals surface area contributed by atoms with Gasteiger partial charge in [0.25, 0.3) is 0 Å². The minimum atomic E-state index is -0.829. The van der Waals surface area contributed by atoms with E-state index in [1.54, 1.807) is 20.8 Å². The molecule has 10 heteroatoms. The Morgan fingerprint density at radius 1 is 1.38 bits per heavy atom. The van der Waals surface area contributed by atoms with Crippen molar-refractivity contribution in [2.75, 3.05) is 27.2 Å². The van der Waals surface area contributed by atoms with Gasteiger partial charge in [-0.25, -0.2) is 9.59 Å². The molecule has 134 valence electrons. The molecule has 0 spiro atoms. The summed E-state index contributed by atoms with van der Waals surface area (Å²) in [5.41, 5.74) is 7.85. The third-order valence-corrected chi connectivity index (χ3v) is 3.37. The molecule has 1 saturated heterocycles. The highest BCUT2D eigenvalue weighted by molar-refractivity contribution is 5.88. The summed E-state index contributed by atoms with van der Waals surface area (Å²) in [6.07, 6.45) is -0.449. The number of likely N-dealkylation sites (tertiary alicyclic amines) is 1. The van der Waals surface area contributed by atoms with Crippen LogP contribution in [-0.4, -0.2) is 72.7 Å². The van der Waals surface area contributed by atoms with Gasteiger partial charge in [-0.05, 0) is 32.7 Å². The molecule has 1 aliphatic heterocycles. The molecule has 1 rings (SSSR count). The standard InChI is InChI=1S/C14H23N5O5/c1-14(2,3)24-13(22)18(4)8-11(20)19-7-9(16-17-15)6-10(19)12(21)23-5/h9-10H,6-8H2,1-5H3/t9-,10+/m1/s1. The van der Waals surface area contributed by atoms with Gasteiger partial charge in [0.2, 0.25) is 5.91 Å². The maximum Gasteiger partial charge on any atom is 0.410 e. The van der Waals surface area contributed by atoms with E-state index in [0.717, 1.165) is 4.90 Å². The summed E-state index contributed by atoms with van der Waals surface area (Å²) in [5, 5.41) is 3.56. The van der Waals surface area contributed by atoms with Crippen molar-refractivity contribution in [3.05, 3.63) is 10.4 Å². The maximum atomic E-state index is 12.4. The predicted octanol–water partition coefficient (Wildman–Crippen LogP) is 1.31. The van der Waals surface area contributed by atoms with Gasteiger partial charge in [-0.2, -0.15) is 0 Å². The molecule has 0 saturated carbocycles.